The molecule has 1 aromatic rings. The normalized spacial score (nSPS) is 12.9. The van der Waals surface area contributed by atoms with Crippen molar-refractivity contribution < 1.29 is 28.7 Å². The van der Waals surface area contributed by atoms with Gasteiger partial charge in [0.05, 0.1) is 7.11 Å². The zero-order valence-electron chi connectivity index (χ0n) is 25.3. The van der Waals surface area contributed by atoms with Crippen LogP contribution < -0.4 is 10.6 Å². The van der Waals surface area contributed by atoms with Crippen molar-refractivity contribution in [1.82, 2.24) is 15.5 Å². The van der Waals surface area contributed by atoms with E-state index in [4.69, 9.17) is 9.47 Å². The lowest BCUT2D eigenvalue weighted by molar-refractivity contribution is -0.145. The van der Waals surface area contributed by atoms with Gasteiger partial charge >= 0.3 is 12.1 Å². The van der Waals surface area contributed by atoms with E-state index in [0.29, 0.717) is 24.9 Å². The molecule has 1 aromatic carbocycles. The van der Waals surface area contributed by atoms with Crippen molar-refractivity contribution in [1.29, 1.82) is 0 Å². The van der Waals surface area contributed by atoms with Crippen molar-refractivity contribution in [3.63, 3.8) is 0 Å². The Morgan fingerprint density at radius 1 is 1.03 bits per heavy atom. The molecule has 0 fully saturated rings. The number of aryl methyl sites for hydroxylation is 2. The molecule has 2 unspecified atom stereocenters. The number of ether oxygens (including phenoxy) is 2. The summed E-state index contributed by atoms with van der Waals surface area (Å²) in [5.41, 5.74) is 1.71. The molecule has 0 saturated carbocycles. The van der Waals surface area contributed by atoms with Gasteiger partial charge in [0.1, 0.15) is 24.2 Å². The predicted octanol–water partition coefficient (Wildman–Crippen LogP) is 4.98. The van der Waals surface area contributed by atoms with Crippen molar-refractivity contribution in [3.05, 3.63) is 34.9 Å². The number of nitrogens with one attached hydrogen (secondary N) is 2. The van der Waals surface area contributed by atoms with Crippen LogP contribution in [-0.2, 0) is 23.9 Å². The van der Waals surface area contributed by atoms with Crippen LogP contribution in [0.15, 0.2) is 18.2 Å². The Bertz CT molecular complexity index is 970. The van der Waals surface area contributed by atoms with Gasteiger partial charge in [-0.3, -0.25) is 14.4 Å². The molecule has 9 heteroatoms. The number of nitrogens with zero attached hydrogens (tertiary/aromatic N) is 1. The molecule has 0 aliphatic rings. The monoisotopic (exact) mass is 547 g/mol. The van der Waals surface area contributed by atoms with Gasteiger partial charge in [0.25, 0.3) is 0 Å². The highest BCUT2D eigenvalue weighted by molar-refractivity contribution is 5.93. The third-order valence-electron chi connectivity index (χ3n) is 6.16. The van der Waals surface area contributed by atoms with E-state index in [1.807, 2.05) is 45.9 Å². The van der Waals surface area contributed by atoms with Gasteiger partial charge in [-0.05, 0) is 64.5 Å². The van der Waals surface area contributed by atoms with Gasteiger partial charge < -0.3 is 25.0 Å². The molecule has 0 radical (unpaired) electrons. The summed E-state index contributed by atoms with van der Waals surface area (Å²) in [6, 6.07) is 3.85. The van der Waals surface area contributed by atoms with Crippen molar-refractivity contribution in [2.24, 2.45) is 5.92 Å². The molecular weight excluding hydrogens is 498 g/mol. The number of benzene rings is 1. The summed E-state index contributed by atoms with van der Waals surface area (Å²) in [4.78, 5) is 54.0. The fourth-order valence-corrected chi connectivity index (χ4v) is 4.25. The van der Waals surface area contributed by atoms with E-state index in [-0.39, 0.29) is 18.4 Å². The van der Waals surface area contributed by atoms with Crippen LogP contribution in [0.3, 0.4) is 0 Å². The summed E-state index contributed by atoms with van der Waals surface area (Å²) < 4.78 is 10.1. The molecule has 2 N–H and O–H groups in total. The molecule has 9 nitrogen and oxygen atoms in total. The van der Waals surface area contributed by atoms with Gasteiger partial charge in [-0.1, -0.05) is 63.8 Å². The molecule has 0 heterocycles. The van der Waals surface area contributed by atoms with Crippen molar-refractivity contribution in [2.45, 2.75) is 105 Å². The van der Waals surface area contributed by atoms with Gasteiger partial charge in [0, 0.05) is 6.54 Å². The first-order chi connectivity index (χ1) is 18.2. The summed E-state index contributed by atoms with van der Waals surface area (Å²) in [5, 5.41) is 5.41. The van der Waals surface area contributed by atoms with E-state index < -0.39 is 35.7 Å². The second-order valence-corrected chi connectivity index (χ2v) is 11.5. The first-order valence-corrected chi connectivity index (χ1v) is 13.9. The number of amides is 3. The Morgan fingerprint density at radius 3 is 2.26 bits per heavy atom. The zero-order chi connectivity index (χ0) is 29.8. The van der Waals surface area contributed by atoms with Gasteiger partial charge in [0.2, 0.25) is 11.8 Å². The van der Waals surface area contributed by atoms with Gasteiger partial charge in [0.15, 0.2) is 0 Å². The minimum absolute atomic E-state index is 0.0862. The fourth-order valence-electron chi connectivity index (χ4n) is 4.25. The van der Waals surface area contributed by atoms with Gasteiger partial charge in [-0.15, -0.1) is 0 Å². The molecule has 1 rings (SSSR count). The Morgan fingerprint density at radius 2 is 1.69 bits per heavy atom. The van der Waals surface area contributed by atoms with Crippen LogP contribution in [0.25, 0.3) is 0 Å². The average Bonchev–Trinajstić information content (AvgIpc) is 2.83. The zero-order valence-corrected chi connectivity index (χ0v) is 25.3. The van der Waals surface area contributed by atoms with Crippen LogP contribution in [0, 0.1) is 19.8 Å². The SMILES string of the molecule is CCCCCCN(C(=O)C(CC(C)C)NC(=O)OC(C)(C)C)C(C(=O)NCC(=O)OC)c1cc(C)ccc1C. The Kier molecular flexibility index (Phi) is 14.0. The lowest BCUT2D eigenvalue weighted by Gasteiger charge is -2.35. The predicted molar refractivity (Wildman–Crippen MR) is 152 cm³/mol. The third-order valence-corrected chi connectivity index (χ3v) is 6.16. The molecule has 2 atom stereocenters. The molecular formula is C30H49N3O6. The first kappa shape index (κ1) is 33.9. The van der Waals surface area contributed by atoms with Crippen molar-refractivity contribution in [2.75, 3.05) is 20.2 Å². The van der Waals surface area contributed by atoms with E-state index >= 15 is 0 Å². The first-order valence-electron chi connectivity index (χ1n) is 13.9. The van der Waals surface area contributed by atoms with E-state index in [2.05, 4.69) is 17.6 Å². The minimum Gasteiger partial charge on any atom is -0.468 e. The molecule has 39 heavy (non-hydrogen) atoms. The van der Waals surface area contributed by atoms with E-state index in [0.717, 1.165) is 30.4 Å². The van der Waals surface area contributed by atoms with Gasteiger partial charge in [-0.25, -0.2) is 4.79 Å². The maximum Gasteiger partial charge on any atom is 0.408 e. The maximum atomic E-state index is 14.2. The summed E-state index contributed by atoms with van der Waals surface area (Å²) in [7, 11) is 1.25. The number of esters is 1. The number of hydrogen-bond donors (Lipinski definition) is 2. The van der Waals surface area contributed by atoms with Crippen molar-refractivity contribution in [3.8, 4) is 0 Å². The number of hydrogen-bond acceptors (Lipinski definition) is 6. The molecule has 0 aliphatic carbocycles. The van der Waals surface area contributed by atoms with Crippen LogP contribution in [0.2, 0.25) is 0 Å². The largest absolute Gasteiger partial charge is 0.468 e. The molecule has 0 saturated heterocycles. The van der Waals surface area contributed by atoms with Crippen molar-refractivity contribution >= 4 is 23.9 Å². The maximum absolute atomic E-state index is 14.2. The average molecular weight is 548 g/mol. The lowest BCUT2D eigenvalue weighted by atomic mass is 9.94. The standard InChI is InChI=1S/C30H49N3O6/c1-10-11-12-13-16-33(28(36)24(17-20(2)3)32-29(37)39-30(6,7)8)26(27(35)31-19-25(34)38-9)23-18-21(4)14-15-22(23)5/h14-15,18,20,24,26H,10-13,16-17,19H2,1-9H3,(H,31,35)(H,32,37). The quantitative estimate of drug-likeness (QED) is 0.251. The molecule has 0 bridgehead atoms. The number of alkyl carbamates (subject to hydrolysis) is 1. The Balaban J connectivity index is 3.57. The topological polar surface area (TPSA) is 114 Å². The summed E-state index contributed by atoms with van der Waals surface area (Å²) in [5.74, 6) is -1.36. The summed E-state index contributed by atoms with van der Waals surface area (Å²) >= 11 is 0. The molecule has 0 aliphatic heterocycles. The molecule has 220 valence electrons. The summed E-state index contributed by atoms with van der Waals surface area (Å²) in [6.07, 6.45) is 3.27. The minimum atomic E-state index is -1.00. The van der Waals surface area contributed by atoms with Crippen LogP contribution in [0.1, 0.15) is 96.4 Å². The van der Waals surface area contributed by atoms with Crippen LogP contribution in [-0.4, -0.2) is 60.6 Å². The fraction of sp³-hybridized carbons (Fsp3) is 0.667. The second-order valence-electron chi connectivity index (χ2n) is 11.5. The van der Waals surface area contributed by atoms with Crippen LogP contribution in [0.5, 0.6) is 0 Å². The number of rotatable bonds is 14. The van der Waals surface area contributed by atoms with E-state index in [1.165, 1.54) is 7.11 Å². The van der Waals surface area contributed by atoms with E-state index in [1.54, 1.807) is 25.7 Å². The number of methoxy groups -OCH3 is 1. The highest BCUT2D eigenvalue weighted by Gasteiger charge is 2.37. The summed E-state index contributed by atoms with van der Waals surface area (Å²) in [6.45, 7) is 15.1. The smallest absolute Gasteiger partial charge is 0.408 e. The second kappa shape index (κ2) is 16.1. The lowest BCUT2D eigenvalue weighted by Crippen LogP contribution is -2.54. The highest BCUT2D eigenvalue weighted by Crippen LogP contribution is 2.28. The van der Waals surface area contributed by atoms with Crippen LogP contribution in [0.4, 0.5) is 4.79 Å². The molecule has 3 amide bonds. The Labute approximate surface area is 234 Å². The third kappa shape index (κ3) is 12.1. The highest BCUT2D eigenvalue weighted by atomic mass is 16.6. The molecule has 0 spiro atoms. The number of carbonyl (C=O) groups excluding carboxylic acids is 4. The van der Waals surface area contributed by atoms with E-state index in [9.17, 15) is 19.2 Å². The van der Waals surface area contributed by atoms with Crippen LogP contribution >= 0.6 is 0 Å². The number of unbranched alkanes of at least 4 members (excludes halogenated alkanes) is 3. The molecule has 0 aromatic heterocycles. The van der Waals surface area contributed by atoms with Gasteiger partial charge in [-0.2, -0.15) is 0 Å². The Hall–Kier alpha value is -3.10. The number of carbonyl (C=O) groups is 4.